The summed E-state index contributed by atoms with van der Waals surface area (Å²) < 4.78 is 50.5. The molecule has 2 saturated carbocycles. The Balaban J connectivity index is 1.24. The number of ether oxygens (including phenoxy) is 1. The first-order valence-corrected chi connectivity index (χ1v) is 14.3. The Bertz CT molecular complexity index is 966. The van der Waals surface area contributed by atoms with Crippen LogP contribution in [0, 0.1) is 35.4 Å². The minimum atomic E-state index is -0.602. The molecule has 4 rings (SSSR count). The molecular formula is C32H43F3O2. The minimum absolute atomic E-state index is 0.0812. The molecule has 3 aliphatic rings. The summed E-state index contributed by atoms with van der Waals surface area (Å²) in [7, 11) is 0. The Morgan fingerprint density at radius 1 is 1.05 bits per heavy atom. The molecule has 0 amide bonds. The predicted octanol–water partition coefficient (Wildman–Crippen LogP) is 8.80. The Morgan fingerprint density at radius 2 is 1.78 bits per heavy atom. The fourth-order valence-corrected chi connectivity index (χ4v) is 6.73. The van der Waals surface area contributed by atoms with Gasteiger partial charge in [-0.05, 0) is 125 Å². The van der Waals surface area contributed by atoms with Gasteiger partial charge < -0.3 is 9.84 Å². The van der Waals surface area contributed by atoms with Crippen molar-refractivity contribution in [1.29, 1.82) is 0 Å². The number of aliphatic hydroxyl groups is 1. The zero-order chi connectivity index (χ0) is 26.4. The summed E-state index contributed by atoms with van der Waals surface area (Å²) in [4.78, 5) is 0. The van der Waals surface area contributed by atoms with Crippen LogP contribution in [0.15, 0.2) is 54.2 Å². The molecule has 37 heavy (non-hydrogen) atoms. The van der Waals surface area contributed by atoms with Crippen LogP contribution in [0.1, 0.15) is 83.1 Å². The first-order valence-electron chi connectivity index (χ1n) is 14.3. The van der Waals surface area contributed by atoms with Gasteiger partial charge in [0.1, 0.15) is 17.4 Å². The van der Waals surface area contributed by atoms with Crippen LogP contribution in [-0.4, -0.2) is 17.8 Å². The molecule has 0 aromatic heterocycles. The molecule has 1 aromatic rings. The van der Waals surface area contributed by atoms with E-state index in [1.165, 1.54) is 6.07 Å². The second kappa shape index (κ2) is 13.2. The summed E-state index contributed by atoms with van der Waals surface area (Å²) >= 11 is 0. The normalized spacial score (nSPS) is 29.5. The van der Waals surface area contributed by atoms with E-state index in [-0.39, 0.29) is 35.6 Å². The predicted molar refractivity (Wildman–Crippen MR) is 143 cm³/mol. The minimum Gasteiger partial charge on any atom is -0.493 e. The Hall–Kier alpha value is -2.01. The molecule has 2 fully saturated rings. The Labute approximate surface area is 220 Å². The maximum atomic E-state index is 15.2. The third-order valence-electron chi connectivity index (χ3n) is 9.17. The quantitative estimate of drug-likeness (QED) is 0.249. The van der Waals surface area contributed by atoms with Crippen molar-refractivity contribution in [2.24, 2.45) is 29.6 Å². The van der Waals surface area contributed by atoms with Crippen molar-refractivity contribution in [3.63, 3.8) is 0 Å². The molecule has 2 unspecified atom stereocenters. The molecule has 2 nitrogen and oxygen atoms in total. The fourth-order valence-electron chi connectivity index (χ4n) is 6.73. The van der Waals surface area contributed by atoms with Crippen LogP contribution in [-0.2, 0) is 6.42 Å². The van der Waals surface area contributed by atoms with Gasteiger partial charge in [-0.1, -0.05) is 18.2 Å². The number of aryl methyl sites for hydroxylation is 1. The van der Waals surface area contributed by atoms with Crippen LogP contribution >= 0.6 is 0 Å². The number of aliphatic hydroxyl groups excluding tert-OH is 1. The van der Waals surface area contributed by atoms with Gasteiger partial charge in [0, 0.05) is 12.0 Å². The van der Waals surface area contributed by atoms with E-state index in [9.17, 15) is 9.50 Å². The highest BCUT2D eigenvalue weighted by molar-refractivity contribution is 5.35. The van der Waals surface area contributed by atoms with Crippen LogP contribution < -0.4 is 4.74 Å². The lowest BCUT2D eigenvalue weighted by atomic mass is 9.70. The molecule has 2 atom stereocenters. The smallest absolute Gasteiger partial charge is 0.158 e. The highest BCUT2D eigenvalue weighted by Crippen LogP contribution is 2.47. The average Bonchev–Trinajstić information content (AvgIpc) is 2.90. The van der Waals surface area contributed by atoms with Crippen molar-refractivity contribution < 1.29 is 23.0 Å². The first kappa shape index (κ1) is 28.0. The number of benzene rings is 1. The molecule has 0 aliphatic heterocycles. The zero-order valence-corrected chi connectivity index (χ0v) is 22.2. The number of rotatable bonds is 10. The van der Waals surface area contributed by atoms with E-state index >= 15 is 8.78 Å². The number of allylic oxidation sites excluding steroid dienone is 4. The molecule has 0 saturated heterocycles. The summed E-state index contributed by atoms with van der Waals surface area (Å²) in [6, 6.07) is 5.09. The monoisotopic (exact) mass is 516 g/mol. The summed E-state index contributed by atoms with van der Waals surface area (Å²) in [6.45, 7) is 5.98. The van der Waals surface area contributed by atoms with Crippen LogP contribution in [0.3, 0.4) is 0 Å². The second-order valence-corrected chi connectivity index (χ2v) is 11.5. The lowest BCUT2D eigenvalue weighted by molar-refractivity contribution is 0.0782. The summed E-state index contributed by atoms with van der Waals surface area (Å²) in [5.41, 5.74) is 1.29. The van der Waals surface area contributed by atoms with Gasteiger partial charge in [0.05, 0.1) is 12.7 Å². The third-order valence-corrected chi connectivity index (χ3v) is 9.17. The molecule has 204 valence electrons. The first-order chi connectivity index (χ1) is 17.9. The SMILES string of the molecule is C=CCCOc1ccc(CCC2CCC(C3=CCC(C4CCC(C(C)O)CC4)C(F)=C3F)CC2)c(F)c1. The van der Waals surface area contributed by atoms with Gasteiger partial charge in [0.25, 0.3) is 0 Å². The molecule has 3 aliphatic carbocycles. The van der Waals surface area contributed by atoms with E-state index in [4.69, 9.17) is 4.74 Å². The molecule has 5 heteroatoms. The van der Waals surface area contributed by atoms with E-state index in [2.05, 4.69) is 6.58 Å². The van der Waals surface area contributed by atoms with Crippen molar-refractivity contribution in [2.75, 3.05) is 6.61 Å². The molecule has 0 radical (unpaired) electrons. The van der Waals surface area contributed by atoms with Crippen molar-refractivity contribution in [1.82, 2.24) is 0 Å². The molecule has 0 spiro atoms. The van der Waals surface area contributed by atoms with E-state index in [1.54, 1.807) is 6.08 Å². The summed E-state index contributed by atoms with van der Waals surface area (Å²) in [5, 5.41) is 9.84. The summed E-state index contributed by atoms with van der Waals surface area (Å²) in [5.74, 6) is -0.145. The van der Waals surface area contributed by atoms with Crippen LogP contribution in [0.2, 0.25) is 0 Å². The Kier molecular flexibility index (Phi) is 9.97. The zero-order valence-electron chi connectivity index (χ0n) is 22.2. The highest BCUT2D eigenvalue weighted by Gasteiger charge is 2.37. The number of halogens is 3. The summed E-state index contributed by atoms with van der Waals surface area (Å²) in [6.07, 6.45) is 13.5. The standard InChI is InChI=1S/C32H43F3O2/c1-3-4-19-37-27-16-15-26(30(33)20-27)10-7-22-5-8-24(9-6-22)28-17-18-29(32(35)31(28)34)25-13-11-23(12-14-25)21(2)36/h3,15-17,20-25,29,36H,1,4-14,18-19H2,2H3. The molecular weight excluding hydrogens is 473 g/mol. The van der Waals surface area contributed by atoms with Gasteiger partial charge >= 0.3 is 0 Å². The van der Waals surface area contributed by atoms with E-state index < -0.39 is 11.7 Å². The largest absolute Gasteiger partial charge is 0.493 e. The molecule has 0 heterocycles. The van der Waals surface area contributed by atoms with Crippen molar-refractivity contribution >= 4 is 0 Å². The average molecular weight is 517 g/mol. The van der Waals surface area contributed by atoms with Crippen molar-refractivity contribution in [2.45, 2.75) is 90.1 Å². The number of hydrogen-bond acceptors (Lipinski definition) is 2. The highest BCUT2D eigenvalue weighted by atomic mass is 19.2. The van der Waals surface area contributed by atoms with Crippen LogP contribution in [0.25, 0.3) is 0 Å². The van der Waals surface area contributed by atoms with Crippen molar-refractivity contribution in [3.8, 4) is 5.75 Å². The topological polar surface area (TPSA) is 29.5 Å². The van der Waals surface area contributed by atoms with Crippen LogP contribution in [0.5, 0.6) is 5.75 Å². The van der Waals surface area contributed by atoms with Crippen molar-refractivity contribution in [3.05, 3.63) is 65.5 Å². The fraction of sp³-hybridized carbons (Fsp3) is 0.625. The van der Waals surface area contributed by atoms with Gasteiger partial charge in [-0.2, -0.15) is 0 Å². The van der Waals surface area contributed by atoms with Gasteiger partial charge in [-0.15, -0.1) is 6.58 Å². The van der Waals surface area contributed by atoms with E-state index in [0.717, 1.165) is 64.2 Å². The second-order valence-electron chi connectivity index (χ2n) is 11.5. The number of hydrogen-bond donors (Lipinski definition) is 1. The molecule has 1 N–H and O–H groups in total. The van der Waals surface area contributed by atoms with Crippen LogP contribution in [0.4, 0.5) is 13.2 Å². The van der Waals surface area contributed by atoms with E-state index in [0.29, 0.717) is 42.3 Å². The van der Waals surface area contributed by atoms with Gasteiger partial charge in [-0.25, -0.2) is 13.2 Å². The molecule has 0 bridgehead atoms. The lowest BCUT2D eigenvalue weighted by Gasteiger charge is -2.36. The van der Waals surface area contributed by atoms with Gasteiger partial charge in [0.15, 0.2) is 5.83 Å². The lowest BCUT2D eigenvalue weighted by Crippen LogP contribution is -2.28. The van der Waals surface area contributed by atoms with Gasteiger partial charge in [-0.3, -0.25) is 0 Å². The van der Waals surface area contributed by atoms with Gasteiger partial charge in [0.2, 0.25) is 0 Å². The van der Waals surface area contributed by atoms with E-state index in [1.807, 2.05) is 25.1 Å². The maximum absolute atomic E-state index is 15.2. The molecule has 1 aromatic carbocycles. The maximum Gasteiger partial charge on any atom is 0.158 e. The third kappa shape index (κ3) is 7.10. The Morgan fingerprint density at radius 3 is 2.43 bits per heavy atom.